The molecule has 134 valence electrons. The predicted octanol–water partition coefficient (Wildman–Crippen LogP) is 2.48. The highest BCUT2D eigenvalue weighted by Crippen LogP contribution is 2.28. The molecular weight excluding hydrogens is 340 g/mol. The molecule has 0 saturated carbocycles. The summed E-state index contributed by atoms with van der Waals surface area (Å²) in [5.41, 5.74) is 2.67. The van der Waals surface area contributed by atoms with Gasteiger partial charge in [-0.25, -0.2) is 4.68 Å². The summed E-state index contributed by atoms with van der Waals surface area (Å²) < 4.78 is 1.88. The zero-order chi connectivity index (χ0) is 18.0. The van der Waals surface area contributed by atoms with Gasteiger partial charge in [0.2, 0.25) is 0 Å². The van der Waals surface area contributed by atoms with Crippen LogP contribution in [0.15, 0.2) is 18.2 Å². The number of halogens is 1. The molecule has 1 fully saturated rings. The Morgan fingerprint density at radius 3 is 2.76 bits per heavy atom. The van der Waals surface area contributed by atoms with Crippen LogP contribution < -0.4 is 15.5 Å². The first-order valence-electron chi connectivity index (χ1n) is 8.38. The summed E-state index contributed by atoms with van der Waals surface area (Å²) in [7, 11) is 3.83. The molecule has 2 N–H and O–H groups in total. The van der Waals surface area contributed by atoms with Crippen LogP contribution in [0.4, 0.5) is 11.4 Å². The molecule has 0 aliphatic carbocycles. The third kappa shape index (κ3) is 3.77. The van der Waals surface area contributed by atoms with Crippen molar-refractivity contribution >= 4 is 28.9 Å². The number of carbonyl (C=O) groups excluding carboxylic acids is 1. The van der Waals surface area contributed by atoms with Crippen molar-refractivity contribution in [2.75, 3.05) is 37.4 Å². The fourth-order valence-corrected chi connectivity index (χ4v) is 3.30. The summed E-state index contributed by atoms with van der Waals surface area (Å²) >= 11 is 6.08. The molecule has 8 heteroatoms. The van der Waals surface area contributed by atoms with E-state index in [0.717, 1.165) is 37.3 Å². The topological polar surface area (TPSA) is 75.1 Å². The molecule has 1 amide bonds. The van der Waals surface area contributed by atoms with Gasteiger partial charge in [0.15, 0.2) is 5.69 Å². The van der Waals surface area contributed by atoms with Crippen molar-refractivity contribution < 1.29 is 4.79 Å². The summed E-state index contributed by atoms with van der Waals surface area (Å²) in [5, 5.41) is 15.1. The van der Waals surface area contributed by atoms with E-state index in [1.165, 1.54) is 0 Å². The Bertz CT molecular complexity index is 766. The molecule has 1 aromatic carbocycles. The van der Waals surface area contributed by atoms with Crippen molar-refractivity contribution in [1.82, 2.24) is 20.3 Å². The van der Waals surface area contributed by atoms with Crippen molar-refractivity contribution in [2.45, 2.75) is 25.8 Å². The second kappa shape index (κ2) is 7.41. The number of amides is 1. The van der Waals surface area contributed by atoms with Gasteiger partial charge in [0.05, 0.1) is 23.1 Å². The molecule has 0 atom stereocenters. The van der Waals surface area contributed by atoms with Crippen molar-refractivity contribution in [2.24, 2.45) is 0 Å². The van der Waals surface area contributed by atoms with E-state index >= 15 is 0 Å². The lowest BCUT2D eigenvalue weighted by Gasteiger charge is -2.23. The number of rotatable bonds is 4. The van der Waals surface area contributed by atoms with E-state index in [4.69, 9.17) is 11.6 Å². The van der Waals surface area contributed by atoms with Gasteiger partial charge >= 0.3 is 0 Å². The first-order chi connectivity index (χ1) is 12.0. The summed E-state index contributed by atoms with van der Waals surface area (Å²) in [6.45, 7) is 3.81. The van der Waals surface area contributed by atoms with Gasteiger partial charge in [-0.3, -0.25) is 4.79 Å². The van der Waals surface area contributed by atoms with Crippen LogP contribution >= 0.6 is 11.6 Å². The summed E-state index contributed by atoms with van der Waals surface area (Å²) in [6, 6.07) is 5.70. The van der Waals surface area contributed by atoms with Crippen LogP contribution in [0.3, 0.4) is 0 Å². The third-order valence-corrected chi connectivity index (χ3v) is 4.72. The fourth-order valence-electron chi connectivity index (χ4n) is 3.13. The quantitative estimate of drug-likeness (QED) is 0.874. The number of carbonyl (C=O) groups is 1. The minimum atomic E-state index is -0.275. The van der Waals surface area contributed by atoms with E-state index in [0.29, 0.717) is 22.4 Å². The van der Waals surface area contributed by atoms with E-state index in [-0.39, 0.29) is 5.91 Å². The Balaban J connectivity index is 1.83. The van der Waals surface area contributed by atoms with Gasteiger partial charge in [-0.05, 0) is 51.1 Å². The Hall–Kier alpha value is -2.12. The van der Waals surface area contributed by atoms with Crippen molar-refractivity contribution in [3.63, 3.8) is 0 Å². The van der Waals surface area contributed by atoms with E-state index in [2.05, 4.69) is 20.9 Å². The second-order valence-electron chi connectivity index (χ2n) is 6.46. The van der Waals surface area contributed by atoms with Crippen LogP contribution in [0.5, 0.6) is 0 Å². The van der Waals surface area contributed by atoms with E-state index in [1.54, 1.807) is 12.1 Å². The maximum atomic E-state index is 12.7. The van der Waals surface area contributed by atoms with Crippen LogP contribution in [-0.4, -0.2) is 48.1 Å². The first-order valence-corrected chi connectivity index (χ1v) is 8.76. The second-order valence-corrected chi connectivity index (χ2v) is 6.90. The molecule has 2 aromatic rings. The summed E-state index contributed by atoms with van der Waals surface area (Å²) in [5.74, 6) is -0.275. The van der Waals surface area contributed by atoms with Gasteiger partial charge in [0.1, 0.15) is 0 Å². The molecular formula is C17H23ClN6O. The van der Waals surface area contributed by atoms with Gasteiger partial charge in [-0.1, -0.05) is 16.8 Å². The highest BCUT2D eigenvalue weighted by Gasteiger charge is 2.23. The Morgan fingerprint density at radius 2 is 2.08 bits per heavy atom. The largest absolute Gasteiger partial charge is 0.376 e. The minimum Gasteiger partial charge on any atom is -0.376 e. The molecule has 1 aromatic heterocycles. The maximum absolute atomic E-state index is 12.7. The first kappa shape index (κ1) is 17.7. The smallest absolute Gasteiger partial charge is 0.278 e. The maximum Gasteiger partial charge on any atom is 0.278 e. The van der Waals surface area contributed by atoms with Crippen LogP contribution in [-0.2, 0) is 0 Å². The number of benzene rings is 1. The lowest BCUT2D eigenvalue weighted by Crippen LogP contribution is -2.30. The SMILES string of the molecule is Cc1c(C(=O)Nc2cc(Cl)ccc2N(C)C)nnn1C1CCNCC1. The van der Waals surface area contributed by atoms with Crippen LogP contribution in [0.25, 0.3) is 0 Å². The Labute approximate surface area is 152 Å². The standard InChI is InChI=1S/C17H23ClN6O/c1-11-16(21-22-24(11)13-6-8-19-9-7-13)17(25)20-14-10-12(18)4-5-15(14)23(2)3/h4-5,10,13,19H,6-9H2,1-3H3,(H,20,25). The monoisotopic (exact) mass is 362 g/mol. The lowest BCUT2D eigenvalue weighted by molar-refractivity contribution is 0.102. The number of hydrogen-bond acceptors (Lipinski definition) is 5. The van der Waals surface area contributed by atoms with Gasteiger partial charge in [0, 0.05) is 19.1 Å². The highest BCUT2D eigenvalue weighted by atomic mass is 35.5. The molecule has 2 heterocycles. The molecule has 0 radical (unpaired) electrons. The Morgan fingerprint density at radius 1 is 1.36 bits per heavy atom. The van der Waals surface area contributed by atoms with E-state index in [9.17, 15) is 4.79 Å². The van der Waals surface area contributed by atoms with Crippen LogP contribution in [0.1, 0.15) is 35.1 Å². The van der Waals surface area contributed by atoms with E-state index < -0.39 is 0 Å². The molecule has 7 nitrogen and oxygen atoms in total. The summed E-state index contributed by atoms with van der Waals surface area (Å²) in [6.07, 6.45) is 1.98. The van der Waals surface area contributed by atoms with E-state index in [1.807, 2.05) is 36.7 Å². The average Bonchev–Trinajstić information content (AvgIpc) is 2.97. The lowest BCUT2D eigenvalue weighted by atomic mass is 10.1. The van der Waals surface area contributed by atoms with Gasteiger partial charge < -0.3 is 15.5 Å². The van der Waals surface area contributed by atoms with Gasteiger partial charge in [-0.15, -0.1) is 5.10 Å². The molecule has 1 saturated heterocycles. The average molecular weight is 363 g/mol. The van der Waals surface area contributed by atoms with Crippen LogP contribution in [0, 0.1) is 6.92 Å². The number of nitrogens with zero attached hydrogens (tertiary/aromatic N) is 4. The molecule has 3 rings (SSSR count). The number of aromatic nitrogens is 3. The van der Waals surface area contributed by atoms with Crippen molar-refractivity contribution in [1.29, 1.82) is 0 Å². The number of anilines is 2. The zero-order valence-electron chi connectivity index (χ0n) is 14.7. The Kier molecular flexibility index (Phi) is 5.24. The number of nitrogens with one attached hydrogen (secondary N) is 2. The molecule has 0 spiro atoms. The number of hydrogen-bond donors (Lipinski definition) is 2. The number of piperidine rings is 1. The molecule has 1 aliphatic heterocycles. The minimum absolute atomic E-state index is 0.275. The van der Waals surface area contributed by atoms with Gasteiger partial charge in [-0.2, -0.15) is 0 Å². The summed E-state index contributed by atoms with van der Waals surface area (Å²) in [4.78, 5) is 14.6. The molecule has 1 aliphatic rings. The normalized spacial score (nSPS) is 15.2. The predicted molar refractivity (Wildman–Crippen MR) is 99.6 cm³/mol. The van der Waals surface area contributed by atoms with Gasteiger partial charge in [0.25, 0.3) is 5.91 Å². The van der Waals surface area contributed by atoms with Crippen molar-refractivity contribution in [3.8, 4) is 0 Å². The molecule has 0 bridgehead atoms. The third-order valence-electron chi connectivity index (χ3n) is 4.49. The van der Waals surface area contributed by atoms with Crippen LogP contribution in [0.2, 0.25) is 5.02 Å². The highest BCUT2D eigenvalue weighted by molar-refractivity contribution is 6.31. The molecule has 25 heavy (non-hydrogen) atoms. The van der Waals surface area contributed by atoms with Crippen molar-refractivity contribution in [3.05, 3.63) is 34.6 Å². The zero-order valence-corrected chi connectivity index (χ0v) is 15.5. The molecule has 0 unspecified atom stereocenters. The fraction of sp³-hybridized carbons (Fsp3) is 0.471.